The molecular formula is C14H23N. The lowest BCUT2D eigenvalue weighted by Crippen LogP contribution is -2.38. The van der Waals surface area contributed by atoms with Gasteiger partial charge in [-0.05, 0) is 12.8 Å². The normalized spacial score (nSPS) is 30.2. The summed E-state index contributed by atoms with van der Waals surface area (Å²) < 4.78 is 0. The fraction of sp³-hybridized carbons (Fsp3) is 0.571. The van der Waals surface area contributed by atoms with Crippen LogP contribution in [0, 0.1) is 5.41 Å². The molecule has 0 aromatic heterocycles. The summed E-state index contributed by atoms with van der Waals surface area (Å²) in [5, 5.41) is 0. The molecule has 84 valence electrons. The first-order valence-electron chi connectivity index (χ1n) is 6.04. The first kappa shape index (κ1) is 12.3. The van der Waals surface area contributed by atoms with Crippen LogP contribution in [0.4, 0.5) is 0 Å². The Bertz CT molecular complexity index is 263. The average molecular weight is 205 g/mol. The van der Waals surface area contributed by atoms with Crippen molar-refractivity contribution in [1.29, 1.82) is 0 Å². The first-order chi connectivity index (χ1) is 7.25. The van der Waals surface area contributed by atoms with Gasteiger partial charge in [-0.3, -0.25) is 0 Å². The van der Waals surface area contributed by atoms with Crippen LogP contribution in [0.1, 0.15) is 39.5 Å². The number of hydrogen-bond acceptors (Lipinski definition) is 1. The van der Waals surface area contributed by atoms with Crippen LogP contribution in [0.15, 0.2) is 36.5 Å². The zero-order valence-electron chi connectivity index (χ0n) is 9.95. The van der Waals surface area contributed by atoms with E-state index in [4.69, 9.17) is 5.73 Å². The number of allylic oxidation sites excluding steroid dienone is 3. The van der Waals surface area contributed by atoms with Gasteiger partial charge >= 0.3 is 0 Å². The van der Waals surface area contributed by atoms with Crippen molar-refractivity contribution in [2.75, 3.05) is 0 Å². The lowest BCUT2D eigenvalue weighted by Gasteiger charge is -2.32. The molecule has 1 heteroatoms. The molecule has 0 fully saturated rings. The highest BCUT2D eigenvalue weighted by molar-refractivity contribution is 5.27. The topological polar surface area (TPSA) is 26.0 Å². The zero-order chi connectivity index (χ0) is 11.1. The highest BCUT2D eigenvalue weighted by atomic mass is 14.7. The highest BCUT2D eigenvalue weighted by Crippen LogP contribution is 2.32. The van der Waals surface area contributed by atoms with Crippen LogP contribution in [0.5, 0.6) is 0 Å². The molecule has 0 radical (unpaired) electrons. The molecule has 1 rings (SSSR count). The summed E-state index contributed by atoms with van der Waals surface area (Å²) in [7, 11) is 0. The van der Waals surface area contributed by atoms with E-state index in [2.05, 4.69) is 44.2 Å². The van der Waals surface area contributed by atoms with Gasteiger partial charge in [-0.1, -0.05) is 63.1 Å². The Morgan fingerprint density at radius 1 is 1.33 bits per heavy atom. The Labute approximate surface area is 93.7 Å². The molecule has 15 heavy (non-hydrogen) atoms. The van der Waals surface area contributed by atoms with E-state index in [9.17, 15) is 0 Å². The second-order valence-corrected chi connectivity index (χ2v) is 4.28. The maximum Gasteiger partial charge on any atom is 0.0354 e. The van der Waals surface area contributed by atoms with Crippen LogP contribution in [-0.4, -0.2) is 6.04 Å². The Balaban J connectivity index is 2.64. The summed E-state index contributed by atoms with van der Waals surface area (Å²) in [6.07, 6.45) is 17.8. The van der Waals surface area contributed by atoms with Crippen molar-refractivity contribution in [2.24, 2.45) is 11.1 Å². The van der Waals surface area contributed by atoms with E-state index in [1.54, 1.807) is 0 Å². The molecule has 0 bridgehead atoms. The van der Waals surface area contributed by atoms with E-state index >= 15 is 0 Å². The third-order valence-corrected chi connectivity index (χ3v) is 3.22. The third kappa shape index (κ3) is 3.07. The van der Waals surface area contributed by atoms with Gasteiger partial charge in [0.15, 0.2) is 0 Å². The second-order valence-electron chi connectivity index (χ2n) is 4.28. The monoisotopic (exact) mass is 205 g/mol. The molecule has 1 aliphatic rings. The Hall–Kier alpha value is -0.820. The molecule has 0 amide bonds. The summed E-state index contributed by atoms with van der Waals surface area (Å²) in [5.74, 6) is 0. The van der Waals surface area contributed by atoms with E-state index < -0.39 is 0 Å². The Kier molecular flexibility index (Phi) is 4.83. The molecule has 0 spiro atoms. The van der Waals surface area contributed by atoms with Gasteiger partial charge in [-0.25, -0.2) is 0 Å². The van der Waals surface area contributed by atoms with Crippen molar-refractivity contribution in [3.05, 3.63) is 36.5 Å². The SMILES string of the molecule is CCCCC=CC1(CC)C=CC=CC1N. The minimum atomic E-state index is 0.0580. The van der Waals surface area contributed by atoms with Crippen molar-refractivity contribution in [2.45, 2.75) is 45.6 Å². The summed E-state index contributed by atoms with van der Waals surface area (Å²) in [5.41, 5.74) is 6.21. The largest absolute Gasteiger partial charge is 0.323 e. The van der Waals surface area contributed by atoms with Crippen molar-refractivity contribution in [3.8, 4) is 0 Å². The van der Waals surface area contributed by atoms with Crippen LogP contribution in [0.25, 0.3) is 0 Å². The molecule has 2 atom stereocenters. The van der Waals surface area contributed by atoms with Crippen LogP contribution in [0.2, 0.25) is 0 Å². The van der Waals surface area contributed by atoms with E-state index in [-0.39, 0.29) is 11.5 Å². The van der Waals surface area contributed by atoms with Crippen LogP contribution < -0.4 is 5.73 Å². The maximum atomic E-state index is 6.15. The van der Waals surface area contributed by atoms with Crippen molar-refractivity contribution in [1.82, 2.24) is 0 Å². The number of unbranched alkanes of at least 4 members (excludes halogenated alkanes) is 2. The minimum absolute atomic E-state index is 0.0580. The van der Waals surface area contributed by atoms with E-state index in [0.29, 0.717) is 0 Å². The summed E-state index contributed by atoms with van der Waals surface area (Å²) in [6.45, 7) is 4.42. The predicted octanol–water partition coefficient (Wildman–Crippen LogP) is 3.58. The Morgan fingerprint density at radius 2 is 2.13 bits per heavy atom. The zero-order valence-corrected chi connectivity index (χ0v) is 9.95. The van der Waals surface area contributed by atoms with Gasteiger partial charge in [0.25, 0.3) is 0 Å². The van der Waals surface area contributed by atoms with Crippen molar-refractivity contribution < 1.29 is 0 Å². The smallest absolute Gasteiger partial charge is 0.0354 e. The summed E-state index contributed by atoms with van der Waals surface area (Å²) in [4.78, 5) is 0. The number of hydrogen-bond donors (Lipinski definition) is 1. The second kappa shape index (κ2) is 5.92. The average Bonchev–Trinajstić information content (AvgIpc) is 2.27. The van der Waals surface area contributed by atoms with Crippen molar-refractivity contribution >= 4 is 0 Å². The predicted molar refractivity (Wildman–Crippen MR) is 67.6 cm³/mol. The highest BCUT2D eigenvalue weighted by Gasteiger charge is 2.28. The van der Waals surface area contributed by atoms with Crippen LogP contribution in [0.3, 0.4) is 0 Å². The quantitative estimate of drug-likeness (QED) is 0.539. The van der Waals surface area contributed by atoms with Crippen LogP contribution >= 0.6 is 0 Å². The molecular weight excluding hydrogens is 182 g/mol. The maximum absolute atomic E-state index is 6.15. The number of rotatable bonds is 5. The lowest BCUT2D eigenvalue weighted by molar-refractivity contribution is 0.416. The van der Waals surface area contributed by atoms with E-state index in [1.165, 1.54) is 19.3 Å². The van der Waals surface area contributed by atoms with Crippen LogP contribution in [-0.2, 0) is 0 Å². The van der Waals surface area contributed by atoms with E-state index in [0.717, 1.165) is 6.42 Å². The summed E-state index contributed by atoms with van der Waals surface area (Å²) in [6, 6.07) is 0.130. The third-order valence-electron chi connectivity index (χ3n) is 3.22. The molecule has 0 heterocycles. The van der Waals surface area contributed by atoms with Gasteiger partial charge in [0.1, 0.15) is 0 Å². The standard InChI is InChI=1S/C14H23N/c1-3-5-6-8-11-14(4-2)12-9-7-10-13(14)15/h7-13H,3-6,15H2,1-2H3. The first-order valence-corrected chi connectivity index (χ1v) is 6.04. The minimum Gasteiger partial charge on any atom is -0.323 e. The molecule has 0 aromatic rings. The molecule has 0 aliphatic heterocycles. The van der Waals surface area contributed by atoms with E-state index in [1.807, 2.05) is 6.08 Å². The molecule has 2 unspecified atom stereocenters. The van der Waals surface area contributed by atoms with Gasteiger partial charge in [0.2, 0.25) is 0 Å². The molecule has 2 N–H and O–H groups in total. The summed E-state index contributed by atoms with van der Waals surface area (Å²) >= 11 is 0. The fourth-order valence-corrected chi connectivity index (χ4v) is 1.97. The Morgan fingerprint density at radius 3 is 2.73 bits per heavy atom. The van der Waals surface area contributed by atoms with Gasteiger partial charge in [-0.15, -0.1) is 0 Å². The molecule has 1 aliphatic carbocycles. The van der Waals surface area contributed by atoms with Gasteiger partial charge in [0.05, 0.1) is 0 Å². The lowest BCUT2D eigenvalue weighted by atomic mass is 9.75. The van der Waals surface area contributed by atoms with Gasteiger partial charge < -0.3 is 5.73 Å². The molecule has 0 aromatic carbocycles. The molecule has 0 saturated heterocycles. The fourth-order valence-electron chi connectivity index (χ4n) is 1.97. The van der Waals surface area contributed by atoms with Gasteiger partial charge in [-0.2, -0.15) is 0 Å². The number of nitrogens with two attached hydrogens (primary N) is 1. The molecule has 0 saturated carbocycles. The van der Waals surface area contributed by atoms with Gasteiger partial charge in [0, 0.05) is 11.5 Å². The van der Waals surface area contributed by atoms with Crippen molar-refractivity contribution in [3.63, 3.8) is 0 Å². The molecule has 1 nitrogen and oxygen atoms in total.